The van der Waals surface area contributed by atoms with Crippen LogP contribution in [0, 0.1) is 0 Å². The standard InChI is InChI=1S/C10H22N2OS/c1-4-5-6-7-8-11-14-10(13)12-9(2)3/h9,11H,4-8H2,1-3H3,(H,12,13). The van der Waals surface area contributed by atoms with E-state index in [2.05, 4.69) is 17.0 Å². The molecule has 0 aliphatic rings. The monoisotopic (exact) mass is 218 g/mol. The van der Waals surface area contributed by atoms with Crippen LogP contribution in [0.25, 0.3) is 0 Å². The summed E-state index contributed by atoms with van der Waals surface area (Å²) in [5.41, 5.74) is 0. The fourth-order valence-corrected chi connectivity index (χ4v) is 1.68. The van der Waals surface area contributed by atoms with E-state index in [-0.39, 0.29) is 11.3 Å². The second-order valence-corrected chi connectivity index (χ2v) is 4.51. The highest BCUT2D eigenvalue weighted by molar-refractivity contribution is 8.11. The molecule has 1 amide bonds. The number of rotatable bonds is 7. The van der Waals surface area contributed by atoms with Crippen molar-refractivity contribution in [3.8, 4) is 0 Å². The van der Waals surface area contributed by atoms with Crippen LogP contribution in [-0.4, -0.2) is 17.8 Å². The number of nitrogens with one attached hydrogen (secondary N) is 2. The van der Waals surface area contributed by atoms with E-state index in [1.54, 1.807) is 0 Å². The lowest BCUT2D eigenvalue weighted by atomic mass is 10.2. The third-order valence-corrected chi connectivity index (χ3v) is 2.36. The molecule has 0 aliphatic heterocycles. The second-order valence-electron chi connectivity index (χ2n) is 3.64. The summed E-state index contributed by atoms with van der Waals surface area (Å²) in [6.07, 6.45) is 4.93. The zero-order chi connectivity index (χ0) is 10.8. The predicted molar refractivity (Wildman–Crippen MR) is 63.4 cm³/mol. The maximum absolute atomic E-state index is 11.1. The molecule has 0 aromatic heterocycles. The van der Waals surface area contributed by atoms with Gasteiger partial charge in [-0.15, -0.1) is 0 Å². The average Bonchev–Trinajstić information content (AvgIpc) is 2.10. The summed E-state index contributed by atoms with van der Waals surface area (Å²) in [5.74, 6) is 0. The first-order valence-corrected chi connectivity index (χ1v) is 6.18. The summed E-state index contributed by atoms with van der Waals surface area (Å²) in [6.45, 7) is 7.02. The molecular weight excluding hydrogens is 196 g/mol. The highest BCUT2D eigenvalue weighted by Crippen LogP contribution is 2.00. The zero-order valence-corrected chi connectivity index (χ0v) is 10.2. The summed E-state index contributed by atoms with van der Waals surface area (Å²) in [7, 11) is 0. The van der Waals surface area contributed by atoms with Crippen molar-refractivity contribution < 1.29 is 4.79 Å². The van der Waals surface area contributed by atoms with E-state index in [9.17, 15) is 4.79 Å². The van der Waals surface area contributed by atoms with E-state index in [4.69, 9.17) is 0 Å². The Hall–Kier alpha value is -0.220. The number of unbranched alkanes of at least 4 members (excludes halogenated alkanes) is 3. The molecule has 0 saturated heterocycles. The first-order chi connectivity index (χ1) is 6.66. The molecule has 0 spiro atoms. The molecule has 4 heteroatoms. The lowest BCUT2D eigenvalue weighted by Crippen LogP contribution is -2.28. The zero-order valence-electron chi connectivity index (χ0n) is 9.43. The maximum Gasteiger partial charge on any atom is 0.294 e. The molecule has 14 heavy (non-hydrogen) atoms. The van der Waals surface area contributed by atoms with Crippen molar-refractivity contribution in [2.75, 3.05) is 6.54 Å². The Labute approximate surface area is 91.5 Å². The fraction of sp³-hybridized carbons (Fsp3) is 0.900. The molecule has 0 unspecified atom stereocenters. The first kappa shape index (κ1) is 13.8. The van der Waals surface area contributed by atoms with Crippen LogP contribution in [0.3, 0.4) is 0 Å². The second kappa shape index (κ2) is 9.34. The molecule has 2 N–H and O–H groups in total. The molecule has 0 atom stereocenters. The molecule has 0 bridgehead atoms. The Morgan fingerprint density at radius 1 is 1.29 bits per heavy atom. The minimum absolute atomic E-state index is 0.00971. The van der Waals surface area contributed by atoms with Gasteiger partial charge < -0.3 is 5.32 Å². The van der Waals surface area contributed by atoms with Crippen molar-refractivity contribution in [1.29, 1.82) is 0 Å². The van der Waals surface area contributed by atoms with Gasteiger partial charge in [0.25, 0.3) is 5.24 Å². The fourth-order valence-electron chi connectivity index (χ4n) is 1.01. The van der Waals surface area contributed by atoms with Gasteiger partial charge in [-0.25, -0.2) is 0 Å². The van der Waals surface area contributed by atoms with E-state index in [1.807, 2.05) is 13.8 Å². The largest absolute Gasteiger partial charge is 0.344 e. The number of carbonyl (C=O) groups is 1. The van der Waals surface area contributed by atoms with Gasteiger partial charge in [-0.05, 0) is 20.3 Å². The molecule has 84 valence electrons. The third-order valence-electron chi connectivity index (χ3n) is 1.70. The van der Waals surface area contributed by atoms with Crippen LogP contribution >= 0.6 is 11.9 Å². The summed E-state index contributed by atoms with van der Waals surface area (Å²) < 4.78 is 3.05. The van der Waals surface area contributed by atoms with Crippen molar-refractivity contribution in [1.82, 2.24) is 10.0 Å². The van der Waals surface area contributed by atoms with Crippen molar-refractivity contribution in [2.45, 2.75) is 52.5 Å². The average molecular weight is 218 g/mol. The lowest BCUT2D eigenvalue weighted by Gasteiger charge is -2.07. The van der Waals surface area contributed by atoms with Crippen molar-refractivity contribution in [2.24, 2.45) is 0 Å². The molecule has 0 aromatic carbocycles. The van der Waals surface area contributed by atoms with Crippen molar-refractivity contribution >= 4 is 17.2 Å². The van der Waals surface area contributed by atoms with Crippen LogP contribution < -0.4 is 10.0 Å². The summed E-state index contributed by atoms with van der Waals surface area (Å²) in [6, 6.07) is 0.219. The molecule has 0 radical (unpaired) electrons. The van der Waals surface area contributed by atoms with Gasteiger partial charge in [0.2, 0.25) is 0 Å². The highest BCUT2D eigenvalue weighted by Gasteiger charge is 2.02. The molecule has 0 rings (SSSR count). The molecular formula is C10H22N2OS. The van der Waals surface area contributed by atoms with E-state index < -0.39 is 0 Å². The quantitative estimate of drug-likeness (QED) is 0.510. The number of carbonyl (C=O) groups excluding carboxylic acids is 1. The van der Waals surface area contributed by atoms with Crippen molar-refractivity contribution in [3.63, 3.8) is 0 Å². The maximum atomic E-state index is 11.1. The highest BCUT2D eigenvalue weighted by atomic mass is 32.2. The van der Waals surface area contributed by atoms with Crippen LogP contribution in [0.1, 0.15) is 46.5 Å². The minimum atomic E-state index is 0.00971. The Kier molecular flexibility index (Phi) is 9.19. The first-order valence-electron chi connectivity index (χ1n) is 5.37. The van der Waals surface area contributed by atoms with E-state index >= 15 is 0 Å². The van der Waals surface area contributed by atoms with Crippen molar-refractivity contribution in [3.05, 3.63) is 0 Å². The van der Waals surface area contributed by atoms with Crippen LogP contribution in [0.2, 0.25) is 0 Å². The SMILES string of the molecule is CCCCCCNSC(=O)NC(C)C. The molecule has 0 aromatic rings. The van der Waals surface area contributed by atoms with Gasteiger partial charge >= 0.3 is 0 Å². The van der Waals surface area contributed by atoms with Crippen LogP contribution in [0.4, 0.5) is 4.79 Å². The normalized spacial score (nSPS) is 10.6. The van der Waals surface area contributed by atoms with Crippen LogP contribution in [-0.2, 0) is 0 Å². The molecule has 3 nitrogen and oxygen atoms in total. The topological polar surface area (TPSA) is 41.1 Å². The third kappa shape index (κ3) is 9.86. The van der Waals surface area contributed by atoms with Crippen LogP contribution in [0.15, 0.2) is 0 Å². The van der Waals surface area contributed by atoms with Crippen LogP contribution in [0.5, 0.6) is 0 Å². The van der Waals surface area contributed by atoms with E-state index in [1.165, 1.54) is 19.3 Å². The number of amides is 1. The minimum Gasteiger partial charge on any atom is -0.344 e. The Balaban J connectivity index is 3.15. The molecule has 0 fully saturated rings. The van der Waals surface area contributed by atoms with E-state index in [0.29, 0.717) is 0 Å². The molecule has 0 aliphatic carbocycles. The van der Waals surface area contributed by atoms with Gasteiger partial charge in [-0.2, -0.15) is 0 Å². The summed E-state index contributed by atoms with van der Waals surface area (Å²) in [5, 5.41) is 2.82. The Morgan fingerprint density at radius 2 is 2.00 bits per heavy atom. The summed E-state index contributed by atoms with van der Waals surface area (Å²) >= 11 is 1.16. The smallest absolute Gasteiger partial charge is 0.294 e. The van der Waals surface area contributed by atoms with E-state index in [0.717, 1.165) is 24.9 Å². The number of hydrogen-bond acceptors (Lipinski definition) is 3. The summed E-state index contributed by atoms with van der Waals surface area (Å²) in [4.78, 5) is 11.1. The van der Waals surface area contributed by atoms with Gasteiger partial charge in [0, 0.05) is 24.5 Å². The Bertz CT molecular complexity index is 151. The van der Waals surface area contributed by atoms with Gasteiger partial charge in [0.1, 0.15) is 0 Å². The van der Waals surface area contributed by atoms with Gasteiger partial charge in [-0.3, -0.25) is 9.52 Å². The predicted octanol–water partition coefficient (Wildman–Crippen LogP) is 2.92. The Morgan fingerprint density at radius 3 is 2.57 bits per heavy atom. The van der Waals surface area contributed by atoms with Gasteiger partial charge in [-0.1, -0.05) is 26.2 Å². The molecule has 0 heterocycles. The lowest BCUT2D eigenvalue weighted by molar-refractivity contribution is 0.258. The molecule has 0 saturated carbocycles. The van der Waals surface area contributed by atoms with Gasteiger partial charge in [0.05, 0.1) is 0 Å². The van der Waals surface area contributed by atoms with Gasteiger partial charge in [0.15, 0.2) is 0 Å². The number of hydrogen-bond donors (Lipinski definition) is 2.